The third-order valence-corrected chi connectivity index (χ3v) is 8.11. The molecule has 8 nitrogen and oxygen atoms in total. The highest BCUT2D eigenvalue weighted by atomic mass is 32.2. The minimum Gasteiger partial charge on any atom is -0.467 e. The molecule has 9 heteroatoms. The van der Waals surface area contributed by atoms with Gasteiger partial charge in [-0.15, -0.1) is 0 Å². The third kappa shape index (κ3) is 6.62. The maximum absolute atomic E-state index is 13.8. The maximum Gasteiger partial charge on any atom is 0.244 e. The molecule has 0 radical (unpaired) electrons. The Balaban J connectivity index is 1.92. The van der Waals surface area contributed by atoms with Gasteiger partial charge in [0.1, 0.15) is 5.76 Å². The lowest BCUT2D eigenvalue weighted by molar-refractivity contribution is -0.133. The third-order valence-electron chi connectivity index (χ3n) is 5.95. The van der Waals surface area contributed by atoms with Crippen molar-refractivity contribution >= 4 is 15.9 Å². The van der Waals surface area contributed by atoms with Crippen molar-refractivity contribution in [1.82, 2.24) is 13.8 Å². The molecular formula is C26H35N3O5S. The highest BCUT2D eigenvalue weighted by Gasteiger charge is 2.31. The number of carbonyl (C=O) groups is 1. The van der Waals surface area contributed by atoms with Crippen molar-refractivity contribution in [2.24, 2.45) is 7.05 Å². The van der Waals surface area contributed by atoms with Gasteiger partial charge in [0, 0.05) is 39.2 Å². The molecule has 0 N–H and O–H groups in total. The van der Waals surface area contributed by atoms with Gasteiger partial charge in [0.05, 0.1) is 30.8 Å². The van der Waals surface area contributed by atoms with E-state index in [0.717, 1.165) is 11.3 Å². The molecule has 190 valence electrons. The molecule has 0 saturated heterocycles. The molecule has 3 rings (SSSR count). The highest BCUT2D eigenvalue weighted by Crippen LogP contribution is 2.26. The second-order valence-electron chi connectivity index (χ2n) is 8.85. The molecule has 0 atom stereocenters. The lowest BCUT2D eigenvalue weighted by Crippen LogP contribution is -2.43. The first-order chi connectivity index (χ1) is 16.6. The average molecular weight is 502 g/mol. The van der Waals surface area contributed by atoms with Crippen LogP contribution in [0.25, 0.3) is 0 Å². The SMILES string of the molecule is COCCCN(CC(=O)N(Cc1ccco1)Cc1cccn1C)S(=O)(=O)c1c(C)cc(C)cc1C. The number of furan rings is 1. The van der Waals surface area contributed by atoms with Gasteiger partial charge in [0.25, 0.3) is 0 Å². The number of amides is 1. The largest absolute Gasteiger partial charge is 0.467 e. The molecule has 0 aliphatic heterocycles. The fourth-order valence-electron chi connectivity index (χ4n) is 4.30. The minimum atomic E-state index is -3.92. The van der Waals surface area contributed by atoms with Crippen molar-refractivity contribution in [1.29, 1.82) is 0 Å². The van der Waals surface area contributed by atoms with E-state index in [4.69, 9.17) is 9.15 Å². The van der Waals surface area contributed by atoms with Crippen LogP contribution in [0.2, 0.25) is 0 Å². The molecule has 3 aromatic rings. The van der Waals surface area contributed by atoms with Crippen molar-refractivity contribution in [2.75, 3.05) is 26.8 Å². The molecular weight excluding hydrogens is 466 g/mol. The predicted octanol–water partition coefficient (Wildman–Crippen LogP) is 3.80. The maximum atomic E-state index is 13.8. The zero-order valence-corrected chi connectivity index (χ0v) is 22.0. The second-order valence-corrected chi connectivity index (χ2v) is 10.7. The number of aryl methyl sites for hydroxylation is 4. The first-order valence-corrected chi connectivity index (χ1v) is 13.0. The summed E-state index contributed by atoms with van der Waals surface area (Å²) in [6, 6.07) is 11.1. The number of benzene rings is 1. The number of aromatic nitrogens is 1. The summed E-state index contributed by atoms with van der Waals surface area (Å²) in [5.74, 6) is 0.331. The lowest BCUT2D eigenvalue weighted by atomic mass is 10.1. The van der Waals surface area contributed by atoms with Gasteiger partial charge >= 0.3 is 0 Å². The number of methoxy groups -OCH3 is 1. The summed E-state index contributed by atoms with van der Waals surface area (Å²) in [7, 11) is -0.434. The Bertz CT molecular complexity index is 1210. The Morgan fingerprint density at radius 1 is 1.09 bits per heavy atom. The van der Waals surface area contributed by atoms with Crippen molar-refractivity contribution in [2.45, 2.75) is 45.2 Å². The summed E-state index contributed by atoms with van der Waals surface area (Å²) in [6.45, 7) is 6.39. The normalized spacial score (nSPS) is 11.8. The first kappa shape index (κ1) is 26.7. The van der Waals surface area contributed by atoms with Gasteiger partial charge in [0.2, 0.25) is 15.9 Å². The van der Waals surface area contributed by atoms with Crippen molar-refractivity contribution in [3.63, 3.8) is 0 Å². The molecule has 0 fully saturated rings. The monoisotopic (exact) mass is 501 g/mol. The van der Waals surface area contributed by atoms with Crippen molar-refractivity contribution in [3.8, 4) is 0 Å². The fourth-order valence-corrected chi connectivity index (χ4v) is 6.14. The van der Waals surface area contributed by atoms with Crippen LogP contribution in [0.15, 0.2) is 58.2 Å². The van der Waals surface area contributed by atoms with Gasteiger partial charge in [-0.1, -0.05) is 17.7 Å². The smallest absolute Gasteiger partial charge is 0.244 e. The lowest BCUT2D eigenvalue weighted by Gasteiger charge is -2.28. The van der Waals surface area contributed by atoms with E-state index >= 15 is 0 Å². The molecule has 0 saturated carbocycles. The molecule has 0 spiro atoms. The molecule has 0 aliphatic carbocycles. The van der Waals surface area contributed by atoms with Gasteiger partial charge in [-0.2, -0.15) is 4.31 Å². The molecule has 2 aromatic heterocycles. The van der Waals surface area contributed by atoms with Crippen LogP contribution in [0.1, 0.15) is 34.6 Å². The van der Waals surface area contributed by atoms with Gasteiger partial charge in [-0.05, 0) is 62.6 Å². The average Bonchev–Trinajstić information content (AvgIpc) is 3.43. The van der Waals surface area contributed by atoms with Gasteiger partial charge in [-0.3, -0.25) is 4.79 Å². The Kier molecular flexibility index (Phi) is 8.93. The quantitative estimate of drug-likeness (QED) is 0.353. The van der Waals surface area contributed by atoms with E-state index in [1.807, 2.05) is 49.0 Å². The number of hydrogen-bond acceptors (Lipinski definition) is 5. The van der Waals surface area contributed by atoms with Crippen LogP contribution in [-0.2, 0) is 39.7 Å². The summed E-state index contributed by atoms with van der Waals surface area (Å²) in [5.41, 5.74) is 3.27. The van der Waals surface area contributed by atoms with Crippen molar-refractivity contribution in [3.05, 3.63) is 77.0 Å². The highest BCUT2D eigenvalue weighted by molar-refractivity contribution is 7.89. The molecule has 1 aromatic carbocycles. The predicted molar refractivity (Wildman–Crippen MR) is 134 cm³/mol. The zero-order chi connectivity index (χ0) is 25.6. The number of sulfonamides is 1. The van der Waals surface area contributed by atoms with Gasteiger partial charge in [0.15, 0.2) is 0 Å². The molecule has 2 heterocycles. The summed E-state index contributed by atoms with van der Waals surface area (Å²) < 4.78 is 41.5. The topological polar surface area (TPSA) is 85.0 Å². The fraction of sp³-hybridized carbons (Fsp3) is 0.423. The summed E-state index contributed by atoms with van der Waals surface area (Å²) in [4.78, 5) is 15.5. The van der Waals surface area contributed by atoms with Gasteiger partial charge in [-0.25, -0.2) is 8.42 Å². The Morgan fingerprint density at radius 2 is 1.80 bits per heavy atom. The Hall–Kier alpha value is -2.88. The second kappa shape index (κ2) is 11.7. The van der Waals surface area contributed by atoms with E-state index < -0.39 is 10.0 Å². The number of carbonyl (C=O) groups excluding carboxylic acids is 1. The van der Waals surface area contributed by atoms with Crippen LogP contribution in [0, 0.1) is 20.8 Å². The molecule has 1 amide bonds. The summed E-state index contributed by atoms with van der Waals surface area (Å²) in [6.07, 6.45) is 3.95. The van der Waals surface area contributed by atoms with Crippen molar-refractivity contribution < 1.29 is 22.4 Å². The number of ether oxygens (including phenoxy) is 1. The van der Waals surface area contributed by atoms with Crippen LogP contribution >= 0.6 is 0 Å². The minimum absolute atomic E-state index is 0.174. The number of hydrogen-bond donors (Lipinski definition) is 0. The van der Waals surface area contributed by atoms with Crippen LogP contribution in [0.5, 0.6) is 0 Å². The summed E-state index contributed by atoms with van der Waals surface area (Å²) in [5, 5.41) is 0. The number of nitrogens with zero attached hydrogens (tertiary/aromatic N) is 3. The van der Waals surface area contributed by atoms with E-state index in [-0.39, 0.29) is 30.4 Å². The summed E-state index contributed by atoms with van der Waals surface area (Å²) >= 11 is 0. The Morgan fingerprint density at radius 3 is 2.37 bits per heavy atom. The van der Waals surface area contributed by atoms with Crippen LogP contribution in [0.4, 0.5) is 0 Å². The van der Waals surface area contributed by atoms with Crippen LogP contribution in [0.3, 0.4) is 0 Å². The molecule has 0 bridgehead atoms. The van der Waals surface area contributed by atoms with Gasteiger partial charge < -0.3 is 18.6 Å². The molecule has 0 unspecified atom stereocenters. The Labute approximate surface area is 208 Å². The van der Waals surface area contributed by atoms with Crippen LogP contribution in [-0.4, -0.2) is 54.9 Å². The number of rotatable bonds is 12. The molecule has 0 aliphatic rings. The van der Waals surface area contributed by atoms with E-state index in [9.17, 15) is 13.2 Å². The van der Waals surface area contributed by atoms with E-state index in [1.165, 1.54) is 4.31 Å². The van der Waals surface area contributed by atoms with E-state index in [1.54, 1.807) is 44.3 Å². The molecule has 35 heavy (non-hydrogen) atoms. The van der Waals surface area contributed by atoms with E-state index in [2.05, 4.69) is 0 Å². The van der Waals surface area contributed by atoms with E-state index in [0.29, 0.717) is 36.5 Å². The first-order valence-electron chi connectivity index (χ1n) is 11.6. The standard InChI is InChI=1S/C26H35N3O5S/c1-20-15-21(2)26(22(3)16-20)35(31,32)29(12-8-13-33-5)19-25(30)28(18-24-10-7-14-34-24)17-23-9-6-11-27(23)4/h6-7,9-11,14-16H,8,12-13,17-19H2,1-5H3. The van der Waals surface area contributed by atoms with Crippen LogP contribution < -0.4 is 0 Å². The zero-order valence-electron chi connectivity index (χ0n) is 21.2.